The van der Waals surface area contributed by atoms with E-state index < -0.39 is 0 Å². The van der Waals surface area contributed by atoms with Gasteiger partial charge in [-0.3, -0.25) is 4.79 Å². The number of amides is 1. The Bertz CT molecular complexity index is 924. The summed E-state index contributed by atoms with van der Waals surface area (Å²) in [6.45, 7) is 11.2. The van der Waals surface area contributed by atoms with Gasteiger partial charge < -0.3 is 5.32 Å². The Labute approximate surface area is 148 Å². The molecule has 0 spiro atoms. The van der Waals surface area contributed by atoms with Crippen molar-refractivity contribution < 1.29 is 4.79 Å². The third-order valence-electron chi connectivity index (χ3n) is 4.06. The van der Waals surface area contributed by atoms with E-state index in [0.717, 1.165) is 28.5 Å². The normalized spacial score (nSPS) is 11.8. The van der Waals surface area contributed by atoms with E-state index in [4.69, 9.17) is 4.98 Å². The average molecular weight is 338 g/mol. The zero-order valence-corrected chi connectivity index (χ0v) is 15.6. The van der Waals surface area contributed by atoms with Gasteiger partial charge in [0.2, 0.25) is 5.91 Å². The van der Waals surface area contributed by atoms with Crippen molar-refractivity contribution in [2.75, 3.05) is 5.32 Å². The molecule has 0 saturated heterocycles. The Morgan fingerprint density at radius 1 is 1.16 bits per heavy atom. The Morgan fingerprint density at radius 3 is 2.60 bits per heavy atom. The number of benzene rings is 1. The Morgan fingerprint density at radius 2 is 1.92 bits per heavy atom. The summed E-state index contributed by atoms with van der Waals surface area (Å²) in [5.74, 6) is 1.36. The van der Waals surface area contributed by atoms with Crippen LogP contribution in [0.4, 0.5) is 5.82 Å². The molecule has 2 aromatic heterocycles. The first-order valence-corrected chi connectivity index (χ1v) is 8.91. The largest absolute Gasteiger partial charge is 0.309 e. The van der Waals surface area contributed by atoms with Crippen molar-refractivity contribution in [3.05, 3.63) is 29.8 Å². The van der Waals surface area contributed by atoms with Crippen molar-refractivity contribution in [2.24, 2.45) is 11.8 Å². The molecule has 3 rings (SSSR count). The number of fused-ring (bicyclic) bond motifs is 2. The molecular weight excluding hydrogens is 312 g/mol. The van der Waals surface area contributed by atoms with Crippen LogP contribution in [-0.2, 0) is 11.3 Å². The van der Waals surface area contributed by atoms with Gasteiger partial charge in [0.1, 0.15) is 0 Å². The minimum absolute atomic E-state index is 0.00423. The number of aryl methyl sites for hydroxylation is 1. The van der Waals surface area contributed by atoms with Gasteiger partial charge in [-0.05, 0) is 37.0 Å². The molecule has 5 heteroatoms. The molecule has 1 aromatic carbocycles. The minimum atomic E-state index is -0.00423. The maximum Gasteiger partial charge on any atom is 0.225 e. The summed E-state index contributed by atoms with van der Waals surface area (Å²) in [7, 11) is 0. The van der Waals surface area contributed by atoms with Crippen molar-refractivity contribution in [3.8, 4) is 0 Å². The van der Waals surface area contributed by atoms with Gasteiger partial charge in [0.15, 0.2) is 11.5 Å². The predicted molar refractivity (Wildman–Crippen MR) is 103 cm³/mol. The number of anilines is 1. The Hall–Kier alpha value is -2.43. The summed E-state index contributed by atoms with van der Waals surface area (Å²) >= 11 is 0. The highest BCUT2D eigenvalue weighted by Crippen LogP contribution is 2.27. The number of carbonyl (C=O) groups excluding carboxylic acids is 1. The number of pyridine rings is 1. The second kappa shape index (κ2) is 6.82. The molecule has 0 fully saturated rings. The van der Waals surface area contributed by atoms with Crippen LogP contribution in [0.1, 0.15) is 39.7 Å². The summed E-state index contributed by atoms with van der Waals surface area (Å²) in [6.07, 6.45) is 0.485. The van der Waals surface area contributed by atoms with Gasteiger partial charge >= 0.3 is 0 Å². The molecule has 25 heavy (non-hydrogen) atoms. The van der Waals surface area contributed by atoms with Crippen LogP contribution in [0.2, 0.25) is 0 Å². The van der Waals surface area contributed by atoms with E-state index in [0.29, 0.717) is 24.1 Å². The lowest BCUT2D eigenvalue weighted by atomic mass is 10.1. The zero-order chi connectivity index (χ0) is 18.1. The van der Waals surface area contributed by atoms with Gasteiger partial charge in [-0.25, -0.2) is 9.67 Å². The molecule has 1 N–H and O–H groups in total. The van der Waals surface area contributed by atoms with Crippen LogP contribution in [0, 0.1) is 18.8 Å². The number of carbonyl (C=O) groups is 1. The van der Waals surface area contributed by atoms with Crippen LogP contribution in [-0.4, -0.2) is 20.7 Å². The van der Waals surface area contributed by atoms with Gasteiger partial charge in [0, 0.05) is 18.4 Å². The molecule has 0 aliphatic carbocycles. The molecular formula is C20H26N4O. The van der Waals surface area contributed by atoms with E-state index in [-0.39, 0.29) is 5.91 Å². The topological polar surface area (TPSA) is 59.8 Å². The molecule has 0 aliphatic heterocycles. The molecule has 0 unspecified atom stereocenters. The fourth-order valence-electron chi connectivity index (χ4n) is 3.00. The van der Waals surface area contributed by atoms with Gasteiger partial charge in [0.05, 0.1) is 10.9 Å². The number of hydrogen-bond acceptors (Lipinski definition) is 3. The van der Waals surface area contributed by atoms with E-state index in [1.54, 1.807) is 0 Å². The standard InChI is InChI=1S/C20H26N4O/c1-12(2)8-18(25)22-19-16-10-15-9-14(5)6-7-17(15)21-20(16)24(23-19)11-13(3)4/h6-7,9-10,12-13H,8,11H2,1-5H3,(H,22,23,25). The highest BCUT2D eigenvalue weighted by molar-refractivity contribution is 6.02. The smallest absolute Gasteiger partial charge is 0.225 e. The van der Waals surface area contributed by atoms with Crippen LogP contribution in [0.25, 0.3) is 21.9 Å². The predicted octanol–water partition coefficient (Wildman–Crippen LogP) is 4.53. The van der Waals surface area contributed by atoms with E-state index in [2.05, 4.69) is 49.4 Å². The summed E-state index contributed by atoms with van der Waals surface area (Å²) in [5, 5.41) is 9.59. The first-order chi connectivity index (χ1) is 11.8. The molecule has 0 radical (unpaired) electrons. The van der Waals surface area contributed by atoms with Crippen molar-refractivity contribution >= 4 is 33.7 Å². The highest BCUT2D eigenvalue weighted by Gasteiger charge is 2.16. The van der Waals surface area contributed by atoms with Gasteiger partial charge in [-0.15, -0.1) is 0 Å². The van der Waals surface area contributed by atoms with Crippen LogP contribution in [0.15, 0.2) is 24.3 Å². The minimum Gasteiger partial charge on any atom is -0.309 e. The van der Waals surface area contributed by atoms with Crippen molar-refractivity contribution in [1.82, 2.24) is 14.8 Å². The van der Waals surface area contributed by atoms with Gasteiger partial charge in [-0.2, -0.15) is 5.10 Å². The lowest BCUT2D eigenvalue weighted by molar-refractivity contribution is -0.116. The maximum absolute atomic E-state index is 12.2. The zero-order valence-electron chi connectivity index (χ0n) is 15.6. The highest BCUT2D eigenvalue weighted by atomic mass is 16.1. The van der Waals surface area contributed by atoms with Crippen LogP contribution in [0.5, 0.6) is 0 Å². The molecule has 0 saturated carbocycles. The third-order valence-corrected chi connectivity index (χ3v) is 4.06. The van der Waals surface area contributed by atoms with Crippen LogP contribution < -0.4 is 5.32 Å². The quantitative estimate of drug-likeness (QED) is 0.743. The summed E-state index contributed by atoms with van der Waals surface area (Å²) in [6, 6.07) is 8.30. The van der Waals surface area contributed by atoms with Gasteiger partial charge in [-0.1, -0.05) is 39.3 Å². The summed E-state index contributed by atoms with van der Waals surface area (Å²) in [4.78, 5) is 17.0. The molecule has 0 atom stereocenters. The lowest BCUT2D eigenvalue weighted by Gasteiger charge is -2.06. The SMILES string of the molecule is Cc1ccc2nc3c(cc2c1)c(NC(=O)CC(C)C)nn3CC(C)C. The molecule has 1 amide bonds. The first-order valence-electron chi connectivity index (χ1n) is 8.91. The first kappa shape index (κ1) is 17.4. The number of hydrogen-bond donors (Lipinski definition) is 1. The fraction of sp³-hybridized carbons (Fsp3) is 0.450. The third kappa shape index (κ3) is 3.81. The fourth-order valence-corrected chi connectivity index (χ4v) is 3.00. The van der Waals surface area contributed by atoms with Crippen LogP contribution >= 0.6 is 0 Å². The Kier molecular flexibility index (Phi) is 4.75. The van der Waals surface area contributed by atoms with Gasteiger partial charge in [0.25, 0.3) is 0 Å². The summed E-state index contributed by atoms with van der Waals surface area (Å²) < 4.78 is 1.91. The van der Waals surface area contributed by atoms with E-state index >= 15 is 0 Å². The maximum atomic E-state index is 12.2. The number of nitrogens with one attached hydrogen (secondary N) is 1. The molecule has 3 aromatic rings. The van der Waals surface area contributed by atoms with E-state index in [9.17, 15) is 4.79 Å². The monoisotopic (exact) mass is 338 g/mol. The van der Waals surface area contributed by atoms with E-state index in [1.807, 2.05) is 24.6 Å². The Balaban J connectivity index is 2.12. The lowest BCUT2D eigenvalue weighted by Crippen LogP contribution is -2.15. The average Bonchev–Trinajstić information content (AvgIpc) is 2.80. The molecule has 5 nitrogen and oxygen atoms in total. The molecule has 2 heterocycles. The number of rotatable bonds is 5. The summed E-state index contributed by atoms with van der Waals surface area (Å²) in [5.41, 5.74) is 2.96. The number of aromatic nitrogens is 3. The molecule has 0 aliphatic rings. The second-order valence-corrected chi connectivity index (χ2v) is 7.63. The van der Waals surface area contributed by atoms with Crippen molar-refractivity contribution in [1.29, 1.82) is 0 Å². The van der Waals surface area contributed by atoms with Crippen molar-refractivity contribution in [2.45, 2.75) is 47.6 Å². The van der Waals surface area contributed by atoms with Crippen molar-refractivity contribution in [3.63, 3.8) is 0 Å². The van der Waals surface area contributed by atoms with E-state index in [1.165, 1.54) is 5.56 Å². The molecule has 0 bridgehead atoms. The van der Waals surface area contributed by atoms with Crippen LogP contribution in [0.3, 0.4) is 0 Å². The number of nitrogens with zero attached hydrogens (tertiary/aromatic N) is 3. The second-order valence-electron chi connectivity index (χ2n) is 7.63. The molecule has 132 valence electrons.